The number of rotatable bonds is 8. The summed E-state index contributed by atoms with van der Waals surface area (Å²) in [7, 11) is -3.45. The number of aliphatic hydroxyl groups is 1. The van der Waals surface area contributed by atoms with E-state index >= 15 is 0 Å². The first kappa shape index (κ1) is 28.8. The van der Waals surface area contributed by atoms with Crippen molar-refractivity contribution in [2.75, 3.05) is 17.7 Å². The summed E-state index contributed by atoms with van der Waals surface area (Å²) in [4.78, 5) is 13.3. The number of carbonyl (C=O) groups is 1. The van der Waals surface area contributed by atoms with Gasteiger partial charge in [0.2, 0.25) is 5.91 Å². The minimum Gasteiger partial charge on any atom is -0.405 e. The summed E-state index contributed by atoms with van der Waals surface area (Å²) in [5.74, 6) is -1.24. The molecule has 2 N–H and O–H groups in total. The molecule has 3 aromatic rings. The van der Waals surface area contributed by atoms with Crippen LogP contribution >= 0.6 is 23.2 Å². The maximum Gasteiger partial charge on any atom is 0.573 e. The number of para-hydroxylation sites is 1. The molecule has 3 aromatic carbocycles. The zero-order valence-electron chi connectivity index (χ0n) is 19.6. The molecule has 0 saturated heterocycles. The Kier molecular flexibility index (Phi) is 8.48. The van der Waals surface area contributed by atoms with E-state index in [1.54, 1.807) is 0 Å². The van der Waals surface area contributed by atoms with Crippen molar-refractivity contribution in [2.45, 2.75) is 30.5 Å². The number of aliphatic hydroxyl groups excluding tert-OH is 1. The van der Waals surface area contributed by atoms with Crippen LogP contribution in [0.3, 0.4) is 0 Å². The van der Waals surface area contributed by atoms with E-state index in [0.717, 1.165) is 6.07 Å². The van der Waals surface area contributed by atoms with Crippen molar-refractivity contribution in [1.29, 1.82) is 0 Å². The van der Waals surface area contributed by atoms with Crippen LogP contribution in [0.5, 0.6) is 5.75 Å². The van der Waals surface area contributed by atoms with Crippen LogP contribution in [0, 0.1) is 0 Å². The lowest BCUT2D eigenvalue weighted by Gasteiger charge is -2.27. The molecule has 12 heteroatoms. The summed E-state index contributed by atoms with van der Waals surface area (Å²) in [5.41, 5.74) is -0.925. The summed E-state index contributed by atoms with van der Waals surface area (Å²) in [6.45, 7) is 2.37. The molecule has 3 rings (SSSR count). The normalized spacial score (nSPS) is 13.6. The van der Waals surface area contributed by atoms with Crippen molar-refractivity contribution in [1.82, 2.24) is 0 Å². The summed E-state index contributed by atoms with van der Waals surface area (Å²) in [6.07, 6.45) is -4.93. The van der Waals surface area contributed by atoms with E-state index in [4.69, 9.17) is 23.2 Å². The first-order chi connectivity index (χ1) is 17.2. The molecule has 0 aliphatic rings. The predicted molar refractivity (Wildman–Crippen MR) is 136 cm³/mol. The van der Waals surface area contributed by atoms with E-state index in [1.807, 2.05) is 0 Å². The standard InChI is InChI=1S/C25H22Cl2F3NO5S/c1-3-37(34,35)17-10-8-15(9-11-17)24(2,14-32)23(33)31-16-12-19(26)22(20(27)13-16)18-6-4-5-7-21(18)36-25(28,29)30/h4-13,32H,3,14H2,1-2H3,(H,31,33)/t24-/m1/s1. The third-order valence-electron chi connectivity index (χ3n) is 5.73. The Morgan fingerprint density at radius 1 is 1.03 bits per heavy atom. The van der Waals surface area contributed by atoms with Gasteiger partial charge in [0.1, 0.15) is 5.75 Å². The van der Waals surface area contributed by atoms with E-state index < -0.39 is 39.9 Å². The Labute approximate surface area is 221 Å². The number of amides is 1. The molecular formula is C25H22Cl2F3NO5S. The van der Waals surface area contributed by atoms with Crippen molar-refractivity contribution in [3.8, 4) is 16.9 Å². The van der Waals surface area contributed by atoms with Crippen molar-refractivity contribution in [2.24, 2.45) is 0 Å². The highest BCUT2D eigenvalue weighted by Gasteiger charge is 2.36. The smallest absolute Gasteiger partial charge is 0.405 e. The lowest BCUT2D eigenvalue weighted by atomic mass is 9.82. The first-order valence-corrected chi connectivity index (χ1v) is 13.2. The fourth-order valence-electron chi connectivity index (χ4n) is 3.55. The fraction of sp³-hybridized carbons (Fsp3) is 0.240. The van der Waals surface area contributed by atoms with Crippen LogP contribution in [0.25, 0.3) is 11.1 Å². The lowest BCUT2D eigenvalue weighted by molar-refractivity contribution is -0.274. The van der Waals surface area contributed by atoms with E-state index in [9.17, 15) is 31.5 Å². The van der Waals surface area contributed by atoms with Crippen LogP contribution in [0.1, 0.15) is 19.4 Å². The molecule has 1 atom stereocenters. The maximum atomic E-state index is 13.2. The molecule has 0 radical (unpaired) electrons. The van der Waals surface area contributed by atoms with Crippen LogP contribution in [0.4, 0.5) is 18.9 Å². The van der Waals surface area contributed by atoms with Gasteiger partial charge in [0.15, 0.2) is 9.84 Å². The first-order valence-electron chi connectivity index (χ1n) is 10.8. The highest BCUT2D eigenvalue weighted by atomic mass is 35.5. The van der Waals surface area contributed by atoms with E-state index in [0.29, 0.717) is 5.56 Å². The zero-order chi connectivity index (χ0) is 27.6. The number of hydrogen-bond acceptors (Lipinski definition) is 5. The average molecular weight is 576 g/mol. The van der Waals surface area contributed by atoms with E-state index in [2.05, 4.69) is 10.1 Å². The Morgan fingerprint density at radius 2 is 1.59 bits per heavy atom. The molecule has 0 unspecified atom stereocenters. The minimum atomic E-state index is -4.93. The lowest BCUT2D eigenvalue weighted by Crippen LogP contribution is -2.41. The number of benzene rings is 3. The molecule has 0 aromatic heterocycles. The molecule has 0 saturated carbocycles. The number of anilines is 1. The molecule has 198 valence electrons. The Morgan fingerprint density at radius 3 is 2.11 bits per heavy atom. The van der Waals surface area contributed by atoms with Gasteiger partial charge in [-0.3, -0.25) is 4.79 Å². The van der Waals surface area contributed by atoms with Gasteiger partial charge >= 0.3 is 6.36 Å². The summed E-state index contributed by atoms with van der Waals surface area (Å²) >= 11 is 12.7. The van der Waals surface area contributed by atoms with Crippen molar-refractivity contribution < 1.29 is 36.2 Å². The van der Waals surface area contributed by atoms with E-state index in [1.165, 1.54) is 68.4 Å². The minimum absolute atomic E-state index is 0.00461. The van der Waals surface area contributed by atoms with Crippen LogP contribution in [-0.4, -0.2) is 38.2 Å². The van der Waals surface area contributed by atoms with Gasteiger partial charge in [-0.25, -0.2) is 8.42 Å². The quantitative estimate of drug-likeness (QED) is 0.331. The van der Waals surface area contributed by atoms with Crippen molar-refractivity contribution in [3.05, 3.63) is 76.3 Å². The maximum absolute atomic E-state index is 13.2. The summed E-state index contributed by atoms with van der Waals surface area (Å²) in [5, 5.41) is 12.5. The van der Waals surface area contributed by atoms with Gasteiger partial charge in [-0.15, -0.1) is 13.2 Å². The van der Waals surface area contributed by atoms with Crippen LogP contribution in [-0.2, 0) is 20.0 Å². The summed E-state index contributed by atoms with van der Waals surface area (Å²) in [6, 6.07) is 13.5. The number of ether oxygens (including phenoxy) is 1. The van der Waals surface area contributed by atoms with Gasteiger partial charge in [0, 0.05) is 16.8 Å². The predicted octanol–water partition coefficient (Wildman–Crippen LogP) is 6.24. The second-order valence-corrected chi connectivity index (χ2v) is 11.3. The molecule has 0 aliphatic carbocycles. The monoisotopic (exact) mass is 575 g/mol. The van der Waals surface area contributed by atoms with Gasteiger partial charge in [-0.1, -0.05) is 60.5 Å². The topological polar surface area (TPSA) is 92.7 Å². The Hall–Kier alpha value is -2.79. The second-order valence-electron chi connectivity index (χ2n) is 8.23. The van der Waals surface area contributed by atoms with Gasteiger partial charge < -0.3 is 15.2 Å². The van der Waals surface area contributed by atoms with Crippen molar-refractivity contribution in [3.63, 3.8) is 0 Å². The van der Waals surface area contributed by atoms with Gasteiger partial charge in [-0.05, 0) is 42.8 Å². The highest BCUT2D eigenvalue weighted by Crippen LogP contribution is 2.43. The molecule has 37 heavy (non-hydrogen) atoms. The van der Waals surface area contributed by atoms with Gasteiger partial charge in [0.25, 0.3) is 0 Å². The molecule has 0 bridgehead atoms. The number of halogens is 5. The van der Waals surface area contributed by atoms with Crippen LogP contribution < -0.4 is 10.1 Å². The van der Waals surface area contributed by atoms with Crippen molar-refractivity contribution >= 4 is 44.6 Å². The fourth-order valence-corrected chi connectivity index (χ4v) is 5.12. The number of sulfone groups is 1. The van der Waals surface area contributed by atoms with E-state index in [-0.39, 0.29) is 37.5 Å². The van der Waals surface area contributed by atoms with Crippen LogP contribution in [0.15, 0.2) is 65.6 Å². The third-order valence-corrected chi connectivity index (χ3v) is 8.08. The third kappa shape index (κ3) is 6.38. The second kappa shape index (κ2) is 10.9. The number of carbonyl (C=O) groups excluding carboxylic acids is 1. The molecule has 1 amide bonds. The Balaban J connectivity index is 1.93. The highest BCUT2D eigenvalue weighted by molar-refractivity contribution is 7.91. The zero-order valence-corrected chi connectivity index (χ0v) is 21.9. The Bertz CT molecular complexity index is 1390. The molecule has 6 nitrogen and oxygen atoms in total. The number of nitrogens with one attached hydrogen (secondary N) is 1. The molecular weight excluding hydrogens is 554 g/mol. The average Bonchev–Trinajstić information content (AvgIpc) is 2.83. The molecule has 0 aliphatic heterocycles. The molecule has 0 heterocycles. The number of hydrogen-bond donors (Lipinski definition) is 2. The van der Waals surface area contributed by atoms with Gasteiger partial charge in [-0.2, -0.15) is 0 Å². The molecule has 0 spiro atoms. The SMILES string of the molecule is CCS(=O)(=O)c1ccc([C@@](C)(CO)C(=O)Nc2cc(Cl)c(-c3ccccc3OC(F)(F)F)c(Cl)c2)cc1. The largest absolute Gasteiger partial charge is 0.573 e. The number of alkyl halides is 3. The molecule has 0 fully saturated rings. The van der Waals surface area contributed by atoms with Gasteiger partial charge in [0.05, 0.1) is 32.7 Å². The summed E-state index contributed by atoms with van der Waals surface area (Å²) < 4.78 is 66.8. The van der Waals surface area contributed by atoms with Crippen LogP contribution in [0.2, 0.25) is 10.0 Å².